The van der Waals surface area contributed by atoms with Crippen molar-refractivity contribution in [2.24, 2.45) is 0 Å². The van der Waals surface area contributed by atoms with Gasteiger partial charge in [-0.05, 0) is 39.8 Å². The topological polar surface area (TPSA) is 84.7 Å². The third-order valence-electron chi connectivity index (χ3n) is 4.25. The van der Waals surface area contributed by atoms with Gasteiger partial charge in [0, 0.05) is 18.0 Å². The first-order chi connectivity index (χ1) is 12.2. The van der Waals surface area contributed by atoms with Crippen molar-refractivity contribution in [1.29, 1.82) is 0 Å². The van der Waals surface area contributed by atoms with Crippen LogP contribution in [-0.2, 0) is 17.7 Å². The number of carboxylic acid groups (broad SMARTS) is 1. The molecule has 138 valence electrons. The summed E-state index contributed by atoms with van der Waals surface area (Å²) in [6.45, 7) is 7.50. The SMILES string of the molecule is CC1Cc2nn(-c3ccccc3)c(C(=O)O)c2CN1C(=O)OC(C)(C)C. The van der Waals surface area contributed by atoms with Gasteiger partial charge in [-0.15, -0.1) is 0 Å². The highest BCUT2D eigenvalue weighted by molar-refractivity contribution is 5.89. The Kier molecular flexibility index (Phi) is 4.48. The fourth-order valence-electron chi connectivity index (χ4n) is 3.08. The van der Waals surface area contributed by atoms with Crippen molar-refractivity contribution < 1.29 is 19.4 Å². The van der Waals surface area contributed by atoms with E-state index in [0.717, 1.165) is 0 Å². The van der Waals surface area contributed by atoms with Gasteiger partial charge in [0.05, 0.1) is 17.9 Å². The average molecular weight is 357 g/mol. The summed E-state index contributed by atoms with van der Waals surface area (Å²) in [6, 6.07) is 9.01. The number of hydrogen-bond acceptors (Lipinski definition) is 4. The number of aromatic carboxylic acids is 1. The number of benzene rings is 1. The van der Waals surface area contributed by atoms with Gasteiger partial charge in [-0.25, -0.2) is 14.3 Å². The molecule has 0 aliphatic carbocycles. The van der Waals surface area contributed by atoms with E-state index in [4.69, 9.17) is 4.74 Å². The lowest BCUT2D eigenvalue weighted by Crippen LogP contribution is -2.45. The monoisotopic (exact) mass is 357 g/mol. The number of nitrogens with zero attached hydrogens (tertiary/aromatic N) is 3. The van der Waals surface area contributed by atoms with Crippen LogP contribution < -0.4 is 0 Å². The second-order valence-electron chi connectivity index (χ2n) is 7.49. The molecule has 1 aliphatic rings. The number of carbonyl (C=O) groups excluding carboxylic acids is 1. The summed E-state index contributed by atoms with van der Waals surface area (Å²) in [5, 5.41) is 14.3. The van der Waals surface area contributed by atoms with E-state index in [1.165, 1.54) is 4.68 Å². The van der Waals surface area contributed by atoms with Gasteiger partial charge < -0.3 is 14.7 Å². The lowest BCUT2D eigenvalue weighted by Gasteiger charge is -2.34. The molecule has 0 saturated heterocycles. The van der Waals surface area contributed by atoms with Crippen LogP contribution in [0, 0.1) is 0 Å². The third kappa shape index (κ3) is 3.42. The highest BCUT2D eigenvalue weighted by atomic mass is 16.6. The van der Waals surface area contributed by atoms with Gasteiger partial charge in [0.1, 0.15) is 5.60 Å². The van der Waals surface area contributed by atoms with Crippen LogP contribution in [0.4, 0.5) is 4.79 Å². The average Bonchev–Trinajstić information content (AvgIpc) is 2.91. The predicted molar refractivity (Wildman–Crippen MR) is 95.5 cm³/mol. The Balaban J connectivity index is 2.01. The molecule has 7 heteroatoms. The lowest BCUT2D eigenvalue weighted by molar-refractivity contribution is 0.0135. The summed E-state index contributed by atoms with van der Waals surface area (Å²) >= 11 is 0. The Labute approximate surface area is 152 Å². The van der Waals surface area contributed by atoms with E-state index < -0.39 is 17.7 Å². The van der Waals surface area contributed by atoms with Gasteiger partial charge in [-0.3, -0.25) is 0 Å². The molecule has 1 amide bonds. The Bertz CT molecular complexity index is 836. The molecule has 0 bridgehead atoms. The maximum atomic E-state index is 12.5. The molecular formula is C19H23N3O4. The van der Waals surface area contributed by atoms with Crippen LogP contribution in [0.25, 0.3) is 5.69 Å². The quantitative estimate of drug-likeness (QED) is 0.892. The summed E-state index contributed by atoms with van der Waals surface area (Å²) in [5.41, 5.74) is 1.42. The zero-order valence-electron chi connectivity index (χ0n) is 15.4. The maximum Gasteiger partial charge on any atom is 0.410 e. The molecule has 0 saturated carbocycles. The molecule has 0 radical (unpaired) electrons. The van der Waals surface area contributed by atoms with Crippen LogP contribution in [0.15, 0.2) is 30.3 Å². The molecule has 0 spiro atoms. The minimum atomic E-state index is -1.07. The minimum Gasteiger partial charge on any atom is -0.476 e. The van der Waals surface area contributed by atoms with E-state index in [2.05, 4.69) is 5.10 Å². The van der Waals surface area contributed by atoms with Crippen LogP contribution in [0.3, 0.4) is 0 Å². The molecule has 1 atom stereocenters. The fraction of sp³-hybridized carbons (Fsp3) is 0.421. The van der Waals surface area contributed by atoms with E-state index in [1.807, 2.05) is 25.1 Å². The van der Waals surface area contributed by atoms with E-state index in [0.29, 0.717) is 23.4 Å². The van der Waals surface area contributed by atoms with Crippen LogP contribution in [0.2, 0.25) is 0 Å². The van der Waals surface area contributed by atoms with E-state index >= 15 is 0 Å². The minimum absolute atomic E-state index is 0.0895. The number of para-hydroxylation sites is 1. The standard InChI is InChI=1S/C19H23N3O4/c1-12-10-15-14(11-21(12)18(25)26-19(2,3)4)16(17(23)24)22(20-15)13-8-6-5-7-9-13/h5-9,12H,10-11H2,1-4H3,(H,23,24). The fourth-order valence-corrected chi connectivity index (χ4v) is 3.08. The normalized spacial score (nSPS) is 16.9. The van der Waals surface area contributed by atoms with Gasteiger partial charge in [0.2, 0.25) is 0 Å². The van der Waals surface area contributed by atoms with Crippen LogP contribution in [-0.4, -0.2) is 43.5 Å². The maximum absolute atomic E-state index is 12.5. The van der Waals surface area contributed by atoms with E-state index in [1.54, 1.807) is 37.8 Å². The van der Waals surface area contributed by atoms with Crippen LogP contribution in [0.1, 0.15) is 49.4 Å². The number of ether oxygens (including phenoxy) is 1. The van der Waals surface area contributed by atoms with E-state index in [-0.39, 0.29) is 18.3 Å². The number of carboxylic acids is 1. The van der Waals surface area contributed by atoms with Crippen molar-refractivity contribution in [3.05, 3.63) is 47.3 Å². The van der Waals surface area contributed by atoms with Gasteiger partial charge in [-0.2, -0.15) is 5.10 Å². The highest BCUT2D eigenvalue weighted by Gasteiger charge is 2.36. The first-order valence-corrected chi connectivity index (χ1v) is 8.56. The summed E-state index contributed by atoms with van der Waals surface area (Å²) < 4.78 is 6.91. The van der Waals surface area contributed by atoms with Crippen LogP contribution >= 0.6 is 0 Å². The van der Waals surface area contributed by atoms with Crippen molar-refractivity contribution in [3.63, 3.8) is 0 Å². The summed E-state index contributed by atoms with van der Waals surface area (Å²) in [4.78, 5) is 26.0. The van der Waals surface area contributed by atoms with Gasteiger partial charge >= 0.3 is 12.1 Å². The Hall–Kier alpha value is -2.83. The first kappa shape index (κ1) is 18.0. The van der Waals surface area contributed by atoms with Crippen molar-refractivity contribution in [2.75, 3.05) is 0 Å². The van der Waals surface area contributed by atoms with Crippen molar-refractivity contribution in [3.8, 4) is 5.69 Å². The number of carbonyl (C=O) groups is 2. The van der Waals surface area contributed by atoms with Gasteiger partial charge in [0.15, 0.2) is 5.69 Å². The molecule has 1 N–H and O–H groups in total. The molecule has 1 aromatic carbocycles. The zero-order valence-corrected chi connectivity index (χ0v) is 15.4. The molecule has 1 unspecified atom stereocenters. The summed E-state index contributed by atoms with van der Waals surface area (Å²) in [6.07, 6.45) is 0.0359. The molecule has 7 nitrogen and oxygen atoms in total. The van der Waals surface area contributed by atoms with E-state index in [9.17, 15) is 14.7 Å². The number of amides is 1. The smallest absolute Gasteiger partial charge is 0.410 e. The molecule has 3 rings (SSSR count). The molecule has 2 aromatic rings. The van der Waals surface area contributed by atoms with Crippen LogP contribution in [0.5, 0.6) is 0 Å². The van der Waals surface area contributed by atoms with Crippen molar-refractivity contribution in [2.45, 2.75) is 52.3 Å². The summed E-state index contributed by atoms with van der Waals surface area (Å²) in [7, 11) is 0. The third-order valence-corrected chi connectivity index (χ3v) is 4.25. The molecule has 2 heterocycles. The summed E-state index contributed by atoms with van der Waals surface area (Å²) in [5.74, 6) is -1.07. The second kappa shape index (κ2) is 6.48. The first-order valence-electron chi connectivity index (χ1n) is 8.56. The predicted octanol–water partition coefficient (Wildman–Crippen LogP) is 3.25. The Morgan fingerprint density at radius 2 is 1.88 bits per heavy atom. The van der Waals surface area contributed by atoms with Crippen molar-refractivity contribution >= 4 is 12.1 Å². The molecule has 1 aromatic heterocycles. The molecular weight excluding hydrogens is 334 g/mol. The zero-order chi connectivity index (χ0) is 19.1. The lowest BCUT2D eigenvalue weighted by atomic mass is 10.00. The highest BCUT2D eigenvalue weighted by Crippen LogP contribution is 2.29. The number of aromatic nitrogens is 2. The van der Waals surface area contributed by atoms with Gasteiger partial charge in [-0.1, -0.05) is 18.2 Å². The molecule has 0 fully saturated rings. The number of fused-ring (bicyclic) bond motifs is 1. The Morgan fingerprint density at radius 3 is 2.46 bits per heavy atom. The number of hydrogen-bond donors (Lipinski definition) is 1. The largest absolute Gasteiger partial charge is 0.476 e. The Morgan fingerprint density at radius 1 is 1.23 bits per heavy atom. The second-order valence-corrected chi connectivity index (χ2v) is 7.49. The number of rotatable bonds is 2. The molecule has 26 heavy (non-hydrogen) atoms. The van der Waals surface area contributed by atoms with Gasteiger partial charge in [0.25, 0.3) is 0 Å². The molecule has 1 aliphatic heterocycles. The van der Waals surface area contributed by atoms with Crippen molar-refractivity contribution in [1.82, 2.24) is 14.7 Å².